The second kappa shape index (κ2) is 9.02. The Morgan fingerprint density at radius 1 is 1.47 bits per heavy atom. The highest BCUT2D eigenvalue weighted by molar-refractivity contribution is 6.27. The minimum atomic E-state index is -0.888. The Bertz CT molecular complexity index is 386. The van der Waals surface area contributed by atoms with Gasteiger partial charge in [-0.05, 0) is 20.3 Å². The fourth-order valence-corrected chi connectivity index (χ4v) is 1.25. The maximum Gasteiger partial charge on any atom is 0.334 e. The van der Waals surface area contributed by atoms with Crippen LogP contribution in [0, 0.1) is 0 Å². The lowest BCUT2D eigenvalue weighted by molar-refractivity contribution is -0.147. The van der Waals surface area contributed by atoms with Crippen LogP contribution in [-0.2, 0) is 19.1 Å². The van der Waals surface area contributed by atoms with Crippen molar-refractivity contribution < 1.29 is 19.1 Å². The lowest BCUT2D eigenvalue weighted by Gasteiger charge is -2.17. The van der Waals surface area contributed by atoms with Crippen molar-refractivity contribution in [2.45, 2.75) is 38.8 Å². The van der Waals surface area contributed by atoms with E-state index < -0.39 is 24.0 Å². The van der Waals surface area contributed by atoms with Gasteiger partial charge in [-0.25, -0.2) is 4.79 Å². The molecule has 3 N–H and O–H groups in total. The molecule has 0 aromatic rings. The van der Waals surface area contributed by atoms with Gasteiger partial charge in [0.05, 0.1) is 12.6 Å². The fraction of sp³-hybridized carbons (Fsp3) is 0.583. The van der Waals surface area contributed by atoms with Crippen LogP contribution in [0.15, 0.2) is 0 Å². The van der Waals surface area contributed by atoms with Crippen LogP contribution in [0.5, 0.6) is 0 Å². The third kappa shape index (κ3) is 7.13. The molecule has 0 fully saturated rings. The molecule has 0 saturated carbocycles. The molecule has 0 aromatic heterocycles. The van der Waals surface area contributed by atoms with Crippen molar-refractivity contribution in [2.75, 3.05) is 6.61 Å². The third-order valence-electron chi connectivity index (χ3n) is 2.22. The lowest BCUT2D eigenvalue weighted by Crippen LogP contribution is -2.48. The molecule has 0 aromatic carbocycles. The predicted molar refractivity (Wildman–Crippen MR) is 71.8 cm³/mol. The van der Waals surface area contributed by atoms with Crippen LogP contribution in [0.2, 0.25) is 0 Å². The van der Waals surface area contributed by atoms with Crippen LogP contribution in [0.4, 0.5) is 0 Å². The second-order valence-corrected chi connectivity index (χ2v) is 3.92. The normalized spacial score (nSPS) is 12.8. The number of carbonyl (C=O) groups excluding carboxylic acids is 3. The number of Topliss-reactive ketones (excluding diaryl/α,β-unsaturated/α-hetero) is 1. The number of nitrogens with two attached hydrogens (primary N) is 1. The zero-order valence-electron chi connectivity index (χ0n) is 11.2. The van der Waals surface area contributed by atoms with Crippen LogP contribution < -0.4 is 15.7 Å². The molecule has 0 rings (SSSR count). The van der Waals surface area contributed by atoms with Crippen LogP contribution in [0.1, 0.15) is 26.7 Å². The molecular weight excluding hydrogens is 250 g/mol. The molecule has 0 radical (unpaired) electrons. The summed E-state index contributed by atoms with van der Waals surface area (Å²) in [5.41, 5.74) is 5.40. The van der Waals surface area contributed by atoms with E-state index in [-0.39, 0.29) is 25.2 Å². The molecule has 0 saturated heterocycles. The van der Waals surface area contributed by atoms with Crippen molar-refractivity contribution in [3.8, 4) is 0 Å². The monoisotopic (exact) mass is 270 g/mol. The number of ketones is 1. The van der Waals surface area contributed by atoms with Crippen molar-refractivity contribution in [1.82, 2.24) is 9.98 Å². The SMILES string of the molecule is C=[N+]=CC(=O)CC[C@H](NC(=O)[C@H](C)N)C(=O)OCC. The number of nitrogens with one attached hydrogen (secondary N) is 1. The number of rotatable bonds is 8. The predicted octanol–water partition coefficient (Wildman–Crippen LogP) is -1.43. The maximum absolute atomic E-state index is 11.6. The summed E-state index contributed by atoms with van der Waals surface area (Å²) in [6, 6.07) is -1.63. The van der Waals surface area contributed by atoms with Crippen molar-refractivity contribution in [2.24, 2.45) is 5.73 Å². The highest BCUT2D eigenvalue weighted by Crippen LogP contribution is 2.01. The molecular formula is C12H20N3O4+. The molecule has 0 spiro atoms. The standard InChI is InChI=1S/C12H19N3O4/c1-4-19-12(18)10(15-11(17)8(2)13)6-5-9(16)7-14-3/h7-8,10H,3-6,13H2,1-2H3/p+1/t8-,10-/m0/s1. The van der Waals surface area contributed by atoms with Gasteiger partial charge in [-0.3, -0.25) is 9.59 Å². The Morgan fingerprint density at radius 2 is 2.11 bits per heavy atom. The average molecular weight is 270 g/mol. The van der Waals surface area contributed by atoms with Gasteiger partial charge >= 0.3 is 12.2 Å². The van der Waals surface area contributed by atoms with Gasteiger partial charge in [0, 0.05) is 6.42 Å². The molecule has 0 bridgehead atoms. The summed E-state index contributed by atoms with van der Waals surface area (Å²) in [7, 11) is 0. The Labute approximate surface area is 111 Å². The van der Waals surface area contributed by atoms with E-state index in [0.29, 0.717) is 0 Å². The van der Waals surface area contributed by atoms with Crippen molar-refractivity contribution in [1.29, 1.82) is 0 Å². The third-order valence-corrected chi connectivity index (χ3v) is 2.22. The number of hydrogen-bond donors (Lipinski definition) is 2. The zero-order chi connectivity index (χ0) is 14.8. The molecule has 7 nitrogen and oxygen atoms in total. The molecule has 0 unspecified atom stereocenters. The van der Waals surface area contributed by atoms with Gasteiger partial charge in [0.25, 0.3) is 6.72 Å². The van der Waals surface area contributed by atoms with E-state index in [2.05, 4.69) is 16.7 Å². The first-order chi connectivity index (χ1) is 8.92. The molecule has 0 aliphatic heterocycles. The van der Waals surface area contributed by atoms with E-state index in [1.807, 2.05) is 0 Å². The molecule has 2 atom stereocenters. The summed E-state index contributed by atoms with van der Waals surface area (Å²) in [6.07, 6.45) is 1.25. The quantitative estimate of drug-likeness (QED) is 0.319. The van der Waals surface area contributed by atoms with Gasteiger partial charge in [-0.2, -0.15) is 0 Å². The van der Waals surface area contributed by atoms with E-state index in [0.717, 1.165) is 6.21 Å². The van der Waals surface area contributed by atoms with Crippen LogP contribution in [0.25, 0.3) is 0 Å². The average Bonchev–Trinajstić information content (AvgIpc) is 2.34. The highest BCUT2D eigenvalue weighted by Gasteiger charge is 2.24. The fourth-order valence-electron chi connectivity index (χ4n) is 1.25. The molecule has 0 heterocycles. The summed E-state index contributed by atoms with van der Waals surface area (Å²) < 4.78 is 8.16. The molecule has 106 valence electrons. The van der Waals surface area contributed by atoms with Crippen molar-refractivity contribution >= 4 is 30.6 Å². The lowest BCUT2D eigenvalue weighted by atomic mass is 10.1. The van der Waals surface area contributed by atoms with E-state index in [4.69, 9.17) is 10.5 Å². The minimum absolute atomic E-state index is 0.0573. The van der Waals surface area contributed by atoms with Crippen LogP contribution >= 0.6 is 0 Å². The summed E-state index contributed by atoms with van der Waals surface area (Å²) >= 11 is 0. The van der Waals surface area contributed by atoms with Gasteiger partial charge in [-0.1, -0.05) is 0 Å². The van der Waals surface area contributed by atoms with E-state index >= 15 is 0 Å². The topological polar surface area (TPSA) is 113 Å². The largest absolute Gasteiger partial charge is 0.464 e. The van der Waals surface area contributed by atoms with E-state index in [1.54, 1.807) is 6.92 Å². The van der Waals surface area contributed by atoms with Crippen LogP contribution in [0.3, 0.4) is 0 Å². The first kappa shape index (κ1) is 17.0. The molecule has 7 heteroatoms. The van der Waals surface area contributed by atoms with Gasteiger partial charge in [0.15, 0.2) is 0 Å². The van der Waals surface area contributed by atoms with Gasteiger partial charge in [0.2, 0.25) is 11.7 Å². The van der Waals surface area contributed by atoms with Crippen molar-refractivity contribution in [3.05, 3.63) is 0 Å². The molecule has 0 aliphatic carbocycles. The van der Waals surface area contributed by atoms with E-state index in [9.17, 15) is 14.4 Å². The number of nitrogens with zero attached hydrogens (tertiary/aromatic N) is 1. The number of carbonyl (C=O) groups is 3. The zero-order valence-corrected chi connectivity index (χ0v) is 11.2. The number of hydrogen-bond acceptors (Lipinski definition) is 5. The number of ether oxygens (including phenoxy) is 1. The summed E-state index contributed by atoms with van der Waals surface area (Å²) in [6.45, 7) is 6.51. The number of amides is 1. The smallest absolute Gasteiger partial charge is 0.334 e. The van der Waals surface area contributed by atoms with Crippen LogP contribution in [-0.4, -0.2) is 49.3 Å². The first-order valence-corrected chi connectivity index (χ1v) is 5.96. The molecule has 1 amide bonds. The summed E-state index contributed by atoms with van der Waals surface area (Å²) in [5, 5.41) is 2.45. The van der Waals surface area contributed by atoms with Crippen molar-refractivity contribution in [3.63, 3.8) is 0 Å². The maximum atomic E-state index is 11.6. The Hall–Kier alpha value is -1.98. The number of esters is 1. The second-order valence-electron chi connectivity index (χ2n) is 3.92. The summed E-state index contributed by atoms with van der Waals surface area (Å²) in [4.78, 5) is 34.4. The Balaban J connectivity index is 4.58. The molecule has 0 aliphatic rings. The van der Waals surface area contributed by atoms with E-state index in [1.165, 1.54) is 6.92 Å². The highest BCUT2D eigenvalue weighted by atomic mass is 16.5. The minimum Gasteiger partial charge on any atom is -0.464 e. The first-order valence-electron chi connectivity index (χ1n) is 5.96. The Kier molecular flexibility index (Phi) is 8.08. The summed E-state index contributed by atoms with van der Waals surface area (Å²) in [5.74, 6) is -1.34. The van der Waals surface area contributed by atoms with Gasteiger partial charge in [0.1, 0.15) is 6.04 Å². The van der Waals surface area contributed by atoms with Gasteiger partial charge in [-0.15, -0.1) is 4.67 Å². The van der Waals surface area contributed by atoms with Gasteiger partial charge < -0.3 is 15.8 Å². The Morgan fingerprint density at radius 3 is 2.58 bits per heavy atom. The molecule has 19 heavy (non-hydrogen) atoms.